The van der Waals surface area contributed by atoms with Crippen molar-refractivity contribution in [2.24, 2.45) is 11.8 Å². The molecule has 1 fully saturated rings. The van der Waals surface area contributed by atoms with Crippen LogP contribution in [0.3, 0.4) is 0 Å². The lowest BCUT2D eigenvalue weighted by atomic mass is 10.1. The summed E-state index contributed by atoms with van der Waals surface area (Å²) in [6.07, 6.45) is 3.85. The zero-order valence-electron chi connectivity index (χ0n) is 8.25. The maximum atomic E-state index is 11.1. The number of rotatable bonds is 3. The molecule has 0 unspecified atom stereocenters. The van der Waals surface area contributed by atoms with E-state index in [0.717, 1.165) is 19.6 Å². The van der Waals surface area contributed by atoms with Crippen LogP contribution < -0.4 is 11.3 Å². The van der Waals surface area contributed by atoms with E-state index < -0.39 is 0 Å². The molecular formula is C9H19N3O. The van der Waals surface area contributed by atoms with Gasteiger partial charge in [0.05, 0.1) is 0 Å². The zero-order valence-corrected chi connectivity index (χ0v) is 8.25. The van der Waals surface area contributed by atoms with Crippen LogP contribution in [0, 0.1) is 5.92 Å². The molecule has 0 aliphatic carbocycles. The number of likely N-dealkylation sites (tertiary alicyclic amines) is 1. The molecule has 1 saturated heterocycles. The van der Waals surface area contributed by atoms with Gasteiger partial charge in [0, 0.05) is 12.5 Å². The first-order valence-electron chi connectivity index (χ1n) is 4.97. The molecule has 0 aromatic rings. The molecule has 1 rings (SSSR count). The van der Waals surface area contributed by atoms with Crippen molar-refractivity contribution in [2.45, 2.75) is 26.2 Å². The van der Waals surface area contributed by atoms with Crippen molar-refractivity contribution < 1.29 is 4.79 Å². The van der Waals surface area contributed by atoms with Crippen LogP contribution >= 0.6 is 0 Å². The highest BCUT2D eigenvalue weighted by molar-refractivity contribution is 5.77. The standard InChI is InChI=1S/C9H19N3O/c1-8(9(13)11-10)7-12-5-3-2-4-6-12/h8H,2-7,10H2,1H3,(H,11,13)/t8-/m1/s1. The average molecular weight is 185 g/mol. The van der Waals surface area contributed by atoms with Gasteiger partial charge in [-0.15, -0.1) is 0 Å². The zero-order chi connectivity index (χ0) is 9.68. The fourth-order valence-electron chi connectivity index (χ4n) is 1.75. The van der Waals surface area contributed by atoms with E-state index >= 15 is 0 Å². The summed E-state index contributed by atoms with van der Waals surface area (Å²) in [5, 5.41) is 0. The maximum absolute atomic E-state index is 11.1. The van der Waals surface area contributed by atoms with Crippen molar-refractivity contribution in [3.05, 3.63) is 0 Å². The fraction of sp³-hybridized carbons (Fsp3) is 0.889. The van der Waals surface area contributed by atoms with Gasteiger partial charge in [0.2, 0.25) is 5.91 Å². The number of hydrogen-bond acceptors (Lipinski definition) is 3. The number of amides is 1. The third-order valence-corrected chi connectivity index (χ3v) is 2.57. The van der Waals surface area contributed by atoms with Crippen LogP contribution in [0.4, 0.5) is 0 Å². The van der Waals surface area contributed by atoms with E-state index in [1.807, 2.05) is 6.92 Å². The van der Waals surface area contributed by atoms with Gasteiger partial charge in [0.15, 0.2) is 0 Å². The van der Waals surface area contributed by atoms with Gasteiger partial charge >= 0.3 is 0 Å². The Morgan fingerprint density at radius 1 is 1.46 bits per heavy atom. The molecule has 0 saturated carbocycles. The number of nitrogens with one attached hydrogen (secondary N) is 1. The number of nitrogens with zero attached hydrogens (tertiary/aromatic N) is 1. The second kappa shape index (κ2) is 5.19. The minimum atomic E-state index is -0.0643. The smallest absolute Gasteiger partial charge is 0.237 e. The van der Waals surface area contributed by atoms with Crippen molar-refractivity contribution in [1.82, 2.24) is 10.3 Å². The first-order chi connectivity index (χ1) is 6.24. The largest absolute Gasteiger partial charge is 0.303 e. The predicted molar refractivity (Wildman–Crippen MR) is 51.8 cm³/mol. The Kier molecular flexibility index (Phi) is 4.18. The quantitative estimate of drug-likeness (QED) is 0.372. The van der Waals surface area contributed by atoms with Crippen LogP contribution in [-0.4, -0.2) is 30.4 Å². The third kappa shape index (κ3) is 3.32. The molecule has 0 aromatic heterocycles. The lowest BCUT2D eigenvalue weighted by Gasteiger charge is -2.28. The van der Waals surface area contributed by atoms with Crippen molar-refractivity contribution in [3.8, 4) is 0 Å². The Hall–Kier alpha value is -0.610. The summed E-state index contributed by atoms with van der Waals surface area (Å²) >= 11 is 0. The summed E-state index contributed by atoms with van der Waals surface area (Å²) in [6.45, 7) is 5.00. The molecule has 1 aliphatic rings. The molecule has 3 N–H and O–H groups in total. The first kappa shape index (κ1) is 10.5. The highest BCUT2D eigenvalue weighted by atomic mass is 16.2. The molecule has 4 heteroatoms. The number of piperidine rings is 1. The molecule has 1 heterocycles. The minimum Gasteiger partial charge on any atom is -0.303 e. The van der Waals surface area contributed by atoms with Gasteiger partial charge in [-0.05, 0) is 25.9 Å². The molecule has 1 aliphatic heterocycles. The Morgan fingerprint density at radius 3 is 2.62 bits per heavy atom. The van der Waals surface area contributed by atoms with Gasteiger partial charge in [-0.2, -0.15) is 0 Å². The highest BCUT2D eigenvalue weighted by Crippen LogP contribution is 2.10. The highest BCUT2D eigenvalue weighted by Gasteiger charge is 2.17. The SMILES string of the molecule is C[C@H](CN1CCCCC1)C(=O)NN. The van der Waals surface area contributed by atoms with E-state index in [4.69, 9.17) is 5.84 Å². The van der Waals surface area contributed by atoms with E-state index in [0.29, 0.717) is 0 Å². The second-order valence-corrected chi connectivity index (χ2v) is 3.77. The third-order valence-electron chi connectivity index (χ3n) is 2.57. The monoisotopic (exact) mass is 185 g/mol. The van der Waals surface area contributed by atoms with Crippen molar-refractivity contribution in [1.29, 1.82) is 0 Å². The van der Waals surface area contributed by atoms with Gasteiger partial charge in [0.1, 0.15) is 0 Å². The molecule has 0 radical (unpaired) electrons. The van der Waals surface area contributed by atoms with Crippen LogP contribution in [0.15, 0.2) is 0 Å². The number of carbonyl (C=O) groups excluding carboxylic acids is 1. The first-order valence-corrected chi connectivity index (χ1v) is 4.97. The summed E-state index contributed by atoms with van der Waals surface area (Å²) in [4.78, 5) is 13.5. The molecule has 1 amide bonds. The molecule has 0 bridgehead atoms. The van der Waals surface area contributed by atoms with E-state index in [1.165, 1.54) is 19.3 Å². The molecule has 1 atom stereocenters. The summed E-state index contributed by atoms with van der Waals surface area (Å²) < 4.78 is 0. The van der Waals surface area contributed by atoms with Gasteiger partial charge in [-0.1, -0.05) is 13.3 Å². The van der Waals surface area contributed by atoms with Crippen LogP contribution in [0.5, 0.6) is 0 Å². The summed E-state index contributed by atoms with van der Waals surface area (Å²) in [5.74, 6) is 5.00. The number of nitrogens with two attached hydrogens (primary N) is 1. The fourth-order valence-corrected chi connectivity index (χ4v) is 1.75. The van der Waals surface area contributed by atoms with E-state index in [2.05, 4.69) is 10.3 Å². The Morgan fingerprint density at radius 2 is 2.08 bits per heavy atom. The second-order valence-electron chi connectivity index (χ2n) is 3.77. The van der Waals surface area contributed by atoms with E-state index in [9.17, 15) is 4.79 Å². The molecule has 13 heavy (non-hydrogen) atoms. The van der Waals surface area contributed by atoms with Gasteiger partial charge < -0.3 is 4.90 Å². The average Bonchev–Trinajstić information content (AvgIpc) is 2.18. The van der Waals surface area contributed by atoms with Crippen molar-refractivity contribution in [2.75, 3.05) is 19.6 Å². The van der Waals surface area contributed by atoms with E-state index in [-0.39, 0.29) is 11.8 Å². The van der Waals surface area contributed by atoms with Crippen molar-refractivity contribution in [3.63, 3.8) is 0 Å². The van der Waals surface area contributed by atoms with E-state index in [1.54, 1.807) is 0 Å². The Balaban J connectivity index is 2.25. The maximum Gasteiger partial charge on any atom is 0.237 e. The van der Waals surface area contributed by atoms with Crippen LogP contribution in [-0.2, 0) is 4.79 Å². The van der Waals surface area contributed by atoms with Crippen molar-refractivity contribution >= 4 is 5.91 Å². The summed E-state index contributed by atoms with van der Waals surface area (Å²) in [6, 6.07) is 0. The Labute approximate surface area is 79.4 Å². The Bertz CT molecular complexity index is 166. The molecule has 4 nitrogen and oxygen atoms in total. The molecule has 0 spiro atoms. The topological polar surface area (TPSA) is 58.4 Å². The lowest BCUT2D eigenvalue weighted by Crippen LogP contribution is -2.41. The van der Waals surface area contributed by atoms with Gasteiger partial charge in [-0.3, -0.25) is 10.2 Å². The van der Waals surface area contributed by atoms with Crippen LogP contribution in [0.1, 0.15) is 26.2 Å². The minimum absolute atomic E-state index is 0.00287. The molecule has 76 valence electrons. The normalized spacial score (nSPS) is 21.1. The number of hydrazine groups is 1. The van der Waals surface area contributed by atoms with Gasteiger partial charge in [-0.25, -0.2) is 5.84 Å². The van der Waals surface area contributed by atoms with Crippen LogP contribution in [0.2, 0.25) is 0 Å². The summed E-state index contributed by atoms with van der Waals surface area (Å²) in [5.41, 5.74) is 2.19. The molecular weight excluding hydrogens is 166 g/mol. The lowest BCUT2D eigenvalue weighted by molar-refractivity contribution is -0.125. The number of carbonyl (C=O) groups is 1. The molecule has 0 aromatic carbocycles. The predicted octanol–water partition coefficient (Wildman–Crippen LogP) is 0.0983. The number of hydrogen-bond donors (Lipinski definition) is 2. The van der Waals surface area contributed by atoms with Gasteiger partial charge in [0.25, 0.3) is 0 Å². The summed E-state index contributed by atoms with van der Waals surface area (Å²) in [7, 11) is 0. The van der Waals surface area contributed by atoms with Crippen LogP contribution in [0.25, 0.3) is 0 Å².